The summed E-state index contributed by atoms with van der Waals surface area (Å²) in [7, 11) is 0. The van der Waals surface area contributed by atoms with Gasteiger partial charge in [0.2, 0.25) is 0 Å². The number of nitrogen functional groups attached to an aromatic ring is 1. The molecular formula is C10H14ClN3O. The van der Waals surface area contributed by atoms with Crippen LogP contribution in [0.1, 0.15) is 12.8 Å². The Morgan fingerprint density at radius 1 is 1.47 bits per heavy atom. The monoisotopic (exact) mass is 227 g/mol. The second kappa shape index (κ2) is 4.68. The Balaban J connectivity index is 2.05. The van der Waals surface area contributed by atoms with Crippen LogP contribution in [0.25, 0.3) is 0 Å². The van der Waals surface area contributed by atoms with Gasteiger partial charge in [-0.1, -0.05) is 11.6 Å². The molecule has 1 aromatic heterocycles. The van der Waals surface area contributed by atoms with Crippen molar-refractivity contribution in [3.8, 4) is 5.75 Å². The highest BCUT2D eigenvalue weighted by atomic mass is 35.5. The Hall–Kier alpha value is -1.00. The van der Waals surface area contributed by atoms with E-state index >= 15 is 0 Å². The zero-order valence-electron chi connectivity index (χ0n) is 8.37. The molecule has 0 amide bonds. The molecular weight excluding hydrogens is 214 g/mol. The number of hydrogen-bond donors (Lipinski definition) is 2. The van der Waals surface area contributed by atoms with Crippen molar-refractivity contribution >= 4 is 17.4 Å². The quantitative estimate of drug-likeness (QED) is 0.803. The first-order chi connectivity index (χ1) is 7.25. The molecule has 0 saturated carbocycles. The number of rotatable bonds is 2. The first-order valence-electron chi connectivity index (χ1n) is 5.04. The van der Waals surface area contributed by atoms with Crippen LogP contribution in [0.4, 0.5) is 5.82 Å². The van der Waals surface area contributed by atoms with E-state index in [9.17, 15) is 0 Å². The van der Waals surface area contributed by atoms with Gasteiger partial charge in [-0.3, -0.25) is 0 Å². The van der Waals surface area contributed by atoms with Gasteiger partial charge in [0.25, 0.3) is 0 Å². The van der Waals surface area contributed by atoms with Crippen LogP contribution in [0.2, 0.25) is 5.02 Å². The third kappa shape index (κ3) is 2.73. The van der Waals surface area contributed by atoms with Crippen molar-refractivity contribution in [2.24, 2.45) is 0 Å². The number of nitrogens with zero attached hydrogens (tertiary/aromatic N) is 1. The van der Waals surface area contributed by atoms with Gasteiger partial charge >= 0.3 is 0 Å². The normalized spacial score (nSPS) is 17.7. The maximum absolute atomic E-state index is 5.96. The molecule has 3 N–H and O–H groups in total. The molecule has 4 nitrogen and oxygen atoms in total. The number of ether oxygens (including phenoxy) is 1. The molecule has 1 saturated heterocycles. The van der Waals surface area contributed by atoms with E-state index in [4.69, 9.17) is 22.1 Å². The minimum atomic E-state index is 0.227. The minimum Gasteiger partial charge on any atom is -0.489 e. The second-order valence-electron chi connectivity index (χ2n) is 3.61. The Bertz CT molecular complexity index is 339. The smallest absolute Gasteiger partial charge is 0.143 e. The van der Waals surface area contributed by atoms with Gasteiger partial charge in [-0.05, 0) is 25.9 Å². The van der Waals surface area contributed by atoms with Crippen molar-refractivity contribution in [1.82, 2.24) is 10.3 Å². The number of nitrogens with one attached hydrogen (secondary N) is 1. The van der Waals surface area contributed by atoms with E-state index in [2.05, 4.69) is 10.3 Å². The third-order valence-corrected chi connectivity index (χ3v) is 2.70. The average Bonchev–Trinajstić information content (AvgIpc) is 2.25. The van der Waals surface area contributed by atoms with E-state index in [0.29, 0.717) is 16.6 Å². The van der Waals surface area contributed by atoms with Crippen molar-refractivity contribution in [2.75, 3.05) is 18.8 Å². The molecule has 1 aromatic rings. The minimum absolute atomic E-state index is 0.227. The Labute approximate surface area is 93.8 Å². The summed E-state index contributed by atoms with van der Waals surface area (Å²) in [4.78, 5) is 3.89. The Morgan fingerprint density at radius 2 is 2.20 bits per heavy atom. The highest BCUT2D eigenvalue weighted by molar-refractivity contribution is 6.31. The van der Waals surface area contributed by atoms with Gasteiger partial charge in [0.05, 0.1) is 6.20 Å². The van der Waals surface area contributed by atoms with E-state index < -0.39 is 0 Å². The second-order valence-corrected chi connectivity index (χ2v) is 4.01. The molecule has 0 bridgehead atoms. The number of halogens is 1. The number of anilines is 1. The molecule has 1 aliphatic heterocycles. The number of aromatic nitrogens is 1. The molecule has 82 valence electrons. The molecule has 15 heavy (non-hydrogen) atoms. The van der Waals surface area contributed by atoms with Gasteiger partial charge in [0.15, 0.2) is 0 Å². The van der Waals surface area contributed by atoms with Crippen LogP contribution in [0, 0.1) is 0 Å². The maximum atomic E-state index is 5.96. The molecule has 0 radical (unpaired) electrons. The third-order valence-electron chi connectivity index (χ3n) is 2.42. The fourth-order valence-corrected chi connectivity index (χ4v) is 1.77. The van der Waals surface area contributed by atoms with E-state index in [1.165, 1.54) is 6.20 Å². The van der Waals surface area contributed by atoms with Crippen LogP contribution < -0.4 is 15.8 Å². The number of piperidine rings is 1. The standard InChI is InChI=1S/C10H14ClN3O/c11-8-6-14-10(12)5-9(8)15-7-1-3-13-4-2-7/h5-7,13H,1-4H2,(H2,12,14). The topological polar surface area (TPSA) is 60.2 Å². The van der Waals surface area contributed by atoms with Crippen LogP contribution in [0.3, 0.4) is 0 Å². The highest BCUT2D eigenvalue weighted by Crippen LogP contribution is 2.27. The van der Waals surface area contributed by atoms with Gasteiger partial charge < -0.3 is 15.8 Å². The SMILES string of the molecule is Nc1cc(OC2CCNCC2)c(Cl)cn1. The van der Waals surface area contributed by atoms with Crippen LogP contribution in [0.5, 0.6) is 5.75 Å². The van der Waals surface area contributed by atoms with Crippen molar-refractivity contribution in [3.63, 3.8) is 0 Å². The fraction of sp³-hybridized carbons (Fsp3) is 0.500. The van der Waals surface area contributed by atoms with Crippen LogP contribution >= 0.6 is 11.6 Å². The summed E-state index contributed by atoms with van der Waals surface area (Å²) >= 11 is 5.96. The maximum Gasteiger partial charge on any atom is 0.143 e. The Kier molecular flexibility index (Phi) is 3.28. The average molecular weight is 228 g/mol. The first-order valence-corrected chi connectivity index (χ1v) is 5.42. The molecule has 0 aliphatic carbocycles. The summed E-state index contributed by atoms with van der Waals surface area (Å²) in [5.74, 6) is 1.07. The zero-order valence-corrected chi connectivity index (χ0v) is 9.13. The summed E-state index contributed by atoms with van der Waals surface area (Å²) in [5.41, 5.74) is 5.57. The van der Waals surface area contributed by atoms with Crippen LogP contribution in [-0.2, 0) is 0 Å². The largest absolute Gasteiger partial charge is 0.489 e. The summed E-state index contributed by atoms with van der Waals surface area (Å²) < 4.78 is 5.77. The molecule has 2 rings (SSSR count). The van der Waals surface area contributed by atoms with E-state index in [0.717, 1.165) is 25.9 Å². The molecule has 0 spiro atoms. The summed E-state index contributed by atoms with van der Waals surface area (Å²) in [6.07, 6.45) is 3.75. The predicted molar refractivity (Wildman–Crippen MR) is 60.2 cm³/mol. The van der Waals surface area contributed by atoms with Crippen LogP contribution in [0.15, 0.2) is 12.3 Å². The van der Waals surface area contributed by atoms with Gasteiger partial charge in [0.1, 0.15) is 22.7 Å². The fourth-order valence-electron chi connectivity index (χ4n) is 1.62. The van der Waals surface area contributed by atoms with Crippen molar-refractivity contribution in [3.05, 3.63) is 17.3 Å². The summed E-state index contributed by atoms with van der Waals surface area (Å²) in [5, 5.41) is 3.79. The van der Waals surface area contributed by atoms with Crippen molar-refractivity contribution < 1.29 is 4.74 Å². The first kappa shape index (κ1) is 10.5. The predicted octanol–water partition coefficient (Wildman–Crippen LogP) is 1.45. The summed E-state index contributed by atoms with van der Waals surface area (Å²) in [6, 6.07) is 1.67. The van der Waals surface area contributed by atoms with Gasteiger partial charge in [-0.25, -0.2) is 4.98 Å². The molecule has 1 fully saturated rings. The lowest BCUT2D eigenvalue weighted by molar-refractivity contribution is 0.162. The highest BCUT2D eigenvalue weighted by Gasteiger charge is 2.16. The molecule has 5 heteroatoms. The number of hydrogen-bond acceptors (Lipinski definition) is 4. The molecule has 0 atom stereocenters. The van der Waals surface area contributed by atoms with Gasteiger partial charge in [-0.2, -0.15) is 0 Å². The molecule has 1 aliphatic rings. The lowest BCUT2D eigenvalue weighted by Crippen LogP contribution is -2.34. The summed E-state index contributed by atoms with van der Waals surface area (Å²) in [6.45, 7) is 1.98. The zero-order chi connectivity index (χ0) is 10.7. The van der Waals surface area contributed by atoms with E-state index in [-0.39, 0.29) is 6.10 Å². The van der Waals surface area contributed by atoms with Crippen molar-refractivity contribution in [2.45, 2.75) is 18.9 Å². The van der Waals surface area contributed by atoms with Crippen LogP contribution in [-0.4, -0.2) is 24.2 Å². The van der Waals surface area contributed by atoms with Crippen molar-refractivity contribution in [1.29, 1.82) is 0 Å². The molecule has 0 aromatic carbocycles. The molecule has 0 unspecified atom stereocenters. The lowest BCUT2D eigenvalue weighted by atomic mass is 10.1. The van der Waals surface area contributed by atoms with Gasteiger partial charge in [-0.15, -0.1) is 0 Å². The van der Waals surface area contributed by atoms with E-state index in [1.54, 1.807) is 6.07 Å². The Morgan fingerprint density at radius 3 is 2.93 bits per heavy atom. The van der Waals surface area contributed by atoms with Gasteiger partial charge in [0, 0.05) is 6.07 Å². The molecule has 2 heterocycles. The van der Waals surface area contributed by atoms with E-state index in [1.807, 2.05) is 0 Å². The lowest BCUT2D eigenvalue weighted by Gasteiger charge is -2.24. The number of pyridine rings is 1. The number of nitrogens with two attached hydrogens (primary N) is 1.